The summed E-state index contributed by atoms with van der Waals surface area (Å²) in [5.41, 5.74) is 3.97. The number of benzene rings is 3. The Bertz CT molecular complexity index is 1290. The van der Waals surface area contributed by atoms with E-state index in [4.69, 9.17) is 11.6 Å². The molecule has 2 aliphatic rings. The van der Waals surface area contributed by atoms with Gasteiger partial charge in [0.2, 0.25) is 0 Å². The molecule has 0 aromatic heterocycles. The van der Waals surface area contributed by atoms with Gasteiger partial charge in [0.15, 0.2) is 0 Å². The number of nitrogens with zero attached hydrogens (tertiary/aromatic N) is 2. The lowest BCUT2D eigenvalue weighted by atomic mass is 10.0. The van der Waals surface area contributed by atoms with E-state index < -0.39 is 10.0 Å². The van der Waals surface area contributed by atoms with Crippen LogP contribution in [0.5, 0.6) is 0 Å². The Balaban J connectivity index is 1.53. The Kier molecular flexibility index (Phi) is 4.99. The van der Waals surface area contributed by atoms with Crippen LogP contribution in [0.2, 0.25) is 5.02 Å². The summed E-state index contributed by atoms with van der Waals surface area (Å²) in [5.74, 6) is -0.220. The fourth-order valence-corrected chi connectivity index (χ4v) is 6.42. The Labute approximate surface area is 186 Å². The third kappa shape index (κ3) is 3.40. The molecule has 7 heteroatoms. The molecule has 0 unspecified atom stereocenters. The Morgan fingerprint density at radius 1 is 0.839 bits per heavy atom. The quantitative estimate of drug-likeness (QED) is 0.579. The minimum absolute atomic E-state index is 0.0398. The molecule has 0 N–H and O–H groups in total. The molecule has 0 fully saturated rings. The zero-order valence-corrected chi connectivity index (χ0v) is 18.4. The van der Waals surface area contributed by atoms with E-state index in [1.807, 2.05) is 42.5 Å². The summed E-state index contributed by atoms with van der Waals surface area (Å²) < 4.78 is 28.4. The third-order valence-electron chi connectivity index (χ3n) is 5.95. The van der Waals surface area contributed by atoms with Crippen molar-refractivity contribution >= 4 is 38.9 Å². The number of fused-ring (bicyclic) bond motifs is 2. The molecule has 0 radical (unpaired) electrons. The van der Waals surface area contributed by atoms with Gasteiger partial charge in [-0.05, 0) is 60.7 Å². The van der Waals surface area contributed by atoms with Crippen LogP contribution in [-0.2, 0) is 22.9 Å². The number of carbonyl (C=O) groups excluding carboxylic acids is 1. The molecule has 158 valence electrons. The van der Waals surface area contributed by atoms with Gasteiger partial charge >= 0.3 is 0 Å². The molecule has 0 atom stereocenters. The summed E-state index contributed by atoms with van der Waals surface area (Å²) in [5, 5.41) is 0.111. The predicted octanol–water partition coefficient (Wildman–Crippen LogP) is 4.68. The van der Waals surface area contributed by atoms with E-state index in [2.05, 4.69) is 0 Å². The molecule has 0 saturated carbocycles. The van der Waals surface area contributed by atoms with Crippen LogP contribution in [0.25, 0.3) is 0 Å². The summed E-state index contributed by atoms with van der Waals surface area (Å²) in [4.78, 5) is 15.0. The molecule has 0 bridgehead atoms. The van der Waals surface area contributed by atoms with Crippen molar-refractivity contribution in [2.24, 2.45) is 0 Å². The zero-order chi connectivity index (χ0) is 21.6. The van der Waals surface area contributed by atoms with Gasteiger partial charge in [0, 0.05) is 24.3 Å². The molecule has 3 aromatic rings. The molecular weight excluding hydrogens is 432 g/mol. The van der Waals surface area contributed by atoms with Gasteiger partial charge in [0.1, 0.15) is 4.90 Å². The molecule has 31 heavy (non-hydrogen) atoms. The highest BCUT2D eigenvalue weighted by molar-refractivity contribution is 7.93. The molecule has 3 aromatic carbocycles. The summed E-state index contributed by atoms with van der Waals surface area (Å²) >= 11 is 6.33. The normalized spacial score (nSPS) is 15.5. The Morgan fingerprint density at radius 2 is 1.52 bits per heavy atom. The standard InChI is InChI=1S/C24H21ClN2O3S/c25-20-12-11-19(24(28)26-14-5-8-17-6-1-3-9-21(17)26)16-23(20)31(29,30)27-15-13-18-7-2-4-10-22(18)27/h1-4,6-7,9-12,16H,5,8,13-15H2. The summed E-state index contributed by atoms with van der Waals surface area (Å²) in [6.45, 7) is 0.954. The monoisotopic (exact) mass is 452 g/mol. The first-order valence-corrected chi connectivity index (χ1v) is 12.1. The van der Waals surface area contributed by atoms with Gasteiger partial charge in [0.25, 0.3) is 15.9 Å². The summed E-state index contributed by atoms with van der Waals surface area (Å²) in [7, 11) is -3.90. The minimum Gasteiger partial charge on any atom is -0.308 e. The van der Waals surface area contributed by atoms with Gasteiger partial charge in [-0.3, -0.25) is 9.10 Å². The van der Waals surface area contributed by atoms with Crippen molar-refractivity contribution in [1.29, 1.82) is 0 Å². The highest BCUT2D eigenvalue weighted by Crippen LogP contribution is 2.36. The molecule has 0 saturated heterocycles. The van der Waals surface area contributed by atoms with Crippen molar-refractivity contribution in [2.75, 3.05) is 22.3 Å². The van der Waals surface area contributed by atoms with Gasteiger partial charge in [-0.2, -0.15) is 0 Å². The molecular formula is C24H21ClN2O3S. The second-order valence-corrected chi connectivity index (χ2v) is 10.0. The van der Waals surface area contributed by atoms with Crippen LogP contribution < -0.4 is 9.21 Å². The number of para-hydroxylation sites is 2. The fourth-order valence-electron chi connectivity index (χ4n) is 4.41. The van der Waals surface area contributed by atoms with Crippen LogP contribution >= 0.6 is 11.6 Å². The SMILES string of the molecule is O=C(c1ccc(Cl)c(S(=O)(=O)N2CCc3ccccc32)c1)N1CCCc2ccccc21. The molecule has 1 amide bonds. The van der Waals surface area contributed by atoms with Gasteiger partial charge in [0.05, 0.1) is 10.7 Å². The number of amides is 1. The average Bonchev–Trinajstić information content (AvgIpc) is 3.23. The van der Waals surface area contributed by atoms with Crippen LogP contribution in [0.1, 0.15) is 27.9 Å². The van der Waals surface area contributed by atoms with Crippen LogP contribution in [0.3, 0.4) is 0 Å². The smallest absolute Gasteiger partial charge is 0.265 e. The maximum Gasteiger partial charge on any atom is 0.265 e. The summed E-state index contributed by atoms with van der Waals surface area (Å²) in [6, 6.07) is 19.8. The second kappa shape index (κ2) is 7.70. The number of carbonyl (C=O) groups is 1. The number of halogens is 1. The lowest BCUT2D eigenvalue weighted by Crippen LogP contribution is -2.35. The van der Waals surface area contributed by atoms with Crippen molar-refractivity contribution in [3.63, 3.8) is 0 Å². The maximum atomic E-state index is 13.5. The largest absolute Gasteiger partial charge is 0.308 e. The van der Waals surface area contributed by atoms with Crippen LogP contribution in [0.4, 0.5) is 11.4 Å². The predicted molar refractivity (Wildman–Crippen MR) is 123 cm³/mol. The van der Waals surface area contributed by atoms with E-state index in [9.17, 15) is 13.2 Å². The number of anilines is 2. The van der Waals surface area contributed by atoms with Gasteiger partial charge in [-0.15, -0.1) is 0 Å². The van der Waals surface area contributed by atoms with Gasteiger partial charge < -0.3 is 4.90 Å². The van der Waals surface area contributed by atoms with E-state index in [1.165, 1.54) is 16.4 Å². The van der Waals surface area contributed by atoms with E-state index in [0.717, 1.165) is 29.7 Å². The molecule has 0 spiro atoms. The lowest BCUT2D eigenvalue weighted by Gasteiger charge is -2.29. The van der Waals surface area contributed by atoms with Crippen molar-refractivity contribution in [3.8, 4) is 0 Å². The second-order valence-electron chi connectivity index (χ2n) is 7.79. The molecule has 2 heterocycles. The molecule has 2 aliphatic heterocycles. The number of rotatable bonds is 3. The highest BCUT2D eigenvalue weighted by atomic mass is 35.5. The minimum atomic E-state index is -3.90. The molecule has 5 nitrogen and oxygen atoms in total. The average molecular weight is 453 g/mol. The first kappa shape index (κ1) is 20.1. The van der Waals surface area contributed by atoms with E-state index in [1.54, 1.807) is 17.0 Å². The van der Waals surface area contributed by atoms with Gasteiger partial charge in [-0.25, -0.2) is 8.42 Å². The number of aryl methyl sites for hydroxylation is 1. The summed E-state index contributed by atoms with van der Waals surface area (Å²) in [6.07, 6.45) is 2.44. The maximum absolute atomic E-state index is 13.5. The first-order chi connectivity index (χ1) is 15.0. The molecule has 5 rings (SSSR count). The van der Waals surface area contributed by atoms with Crippen LogP contribution in [0, 0.1) is 0 Å². The van der Waals surface area contributed by atoms with Crippen molar-refractivity contribution in [3.05, 3.63) is 88.4 Å². The number of hydrogen-bond acceptors (Lipinski definition) is 3. The van der Waals surface area contributed by atoms with Crippen molar-refractivity contribution in [1.82, 2.24) is 0 Å². The van der Waals surface area contributed by atoms with Gasteiger partial charge in [-0.1, -0.05) is 48.0 Å². The van der Waals surface area contributed by atoms with Crippen molar-refractivity contribution < 1.29 is 13.2 Å². The van der Waals surface area contributed by atoms with Crippen LogP contribution in [0.15, 0.2) is 71.6 Å². The highest BCUT2D eigenvalue weighted by Gasteiger charge is 2.33. The third-order valence-corrected chi connectivity index (χ3v) is 8.24. The van der Waals surface area contributed by atoms with E-state index >= 15 is 0 Å². The Morgan fingerprint density at radius 3 is 2.29 bits per heavy atom. The zero-order valence-electron chi connectivity index (χ0n) is 16.8. The Hall–Kier alpha value is -2.83. The first-order valence-electron chi connectivity index (χ1n) is 10.3. The fraction of sp³-hybridized carbons (Fsp3) is 0.208. The number of hydrogen-bond donors (Lipinski definition) is 0. The van der Waals surface area contributed by atoms with E-state index in [0.29, 0.717) is 30.8 Å². The van der Waals surface area contributed by atoms with Crippen molar-refractivity contribution in [2.45, 2.75) is 24.2 Å². The van der Waals surface area contributed by atoms with E-state index in [-0.39, 0.29) is 15.8 Å². The lowest BCUT2D eigenvalue weighted by molar-refractivity contribution is 0.0985. The topological polar surface area (TPSA) is 57.7 Å². The molecule has 0 aliphatic carbocycles. The van der Waals surface area contributed by atoms with Crippen LogP contribution in [-0.4, -0.2) is 27.4 Å². The number of sulfonamides is 1.